The molecular formula is C64H125NO5. The number of rotatable bonds is 60. The van der Waals surface area contributed by atoms with Crippen LogP contribution in [0.4, 0.5) is 0 Å². The maximum Gasteiger partial charge on any atom is 0.305 e. The van der Waals surface area contributed by atoms with Crippen LogP contribution >= 0.6 is 0 Å². The summed E-state index contributed by atoms with van der Waals surface area (Å²) in [6.07, 6.45) is 72.3. The molecule has 0 aromatic rings. The quantitative estimate of drug-likeness (QED) is 0.0321. The van der Waals surface area contributed by atoms with E-state index < -0.39 is 12.1 Å². The van der Waals surface area contributed by atoms with Crippen molar-refractivity contribution in [3.05, 3.63) is 12.2 Å². The van der Waals surface area contributed by atoms with Gasteiger partial charge in [0.25, 0.3) is 0 Å². The molecule has 0 radical (unpaired) electrons. The largest absolute Gasteiger partial charge is 0.466 e. The van der Waals surface area contributed by atoms with Crippen LogP contribution in [-0.2, 0) is 14.3 Å². The molecule has 0 aromatic heterocycles. The Morgan fingerprint density at radius 1 is 0.386 bits per heavy atom. The number of hydrogen-bond acceptors (Lipinski definition) is 5. The summed E-state index contributed by atoms with van der Waals surface area (Å²) in [5.74, 6) is -0.0248. The van der Waals surface area contributed by atoms with Gasteiger partial charge < -0.3 is 20.3 Å². The first-order chi connectivity index (χ1) is 34.5. The van der Waals surface area contributed by atoms with Crippen molar-refractivity contribution >= 4 is 11.9 Å². The van der Waals surface area contributed by atoms with Crippen LogP contribution in [-0.4, -0.2) is 47.4 Å². The Balaban J connectivity index is 3.41. The van der Waals surface area contributed by atoms with Gasteiger partial charge >= 0.3 is 5.97 Å². The van der Waals surface area contributed by atoms with E-state index in [2.05, 4.69) is 31.3 Å². The highest BCUT2D eigenvalue weighted by Crippen LogP contribution is 2.18. The Kier molecular flexibility index (Phi) is 59.0. The van der Waals surface area contributed by atoms with Crippen LogP contribution in [0.3, 0.4) is 0 Å². The van der Waals surface area contributed by atoms with Crippen molar-refractivity contribution in [2.45, 2.75) is 373 Å². The first kappa shape index (κ1) is 68.6. The second kappa shape index (κ2) is 60.2. The fourth-order valence-electron chi connectivity index (χ4n) is 10.2. The van der Waals surface area contributed by atoms with E-state index in [0.717, 1.165) is 38.5 Å². The lowest BCUT2D eigenvalue weighted by Gasteiger charge is -2.22. The van der Waals surface area contributed by atoms with Crippen LogP contribution in [0.2, 0.25) is 0 Å². The predicted octanol–water partition coefficient (Wildman–Crippen LogP) is 20.0. The molecule has 0 bridgehead atoms. The number of amides is 1. The summed E-state index contributed by atoms with van der Waals surface area (Å²) in [7, 11) is 0. The van der Waals surface area contributed by atoms with Gasteiger partial charge in [-0.3, -0.25) is 9.59 Å². The molecule has 1 amide bonds. The number of allylic oxidation sites excluding steroid dienone is 2. The molecule has 0 fully saturated rings. The molecule has 416 valence electrons. The minimum absolute atomic E-state index is 0.0130. The number of aliphatic hydroxyl groups excluding tert-OH is 2. The molecule has 0 saturated heterocycles. The van der Waals surface area contributed by atoms with Crippen LogP contribution in [0.5, 0.6) is 0 Å². The third-order valence-corrected chi connectivity index (χ3v) is 15.1. The fourth-order valence-corrected chi connectivity index (χ4v) is 10.2. The highest BCUT2D eigenvalue weighted by Gasteiger charge is 2.20. The van der Waals surface area contributed by atoms with E-state index in [1.54, 1.807) is 0 Å². The van der Waals surface area contributed by atoms with Crippen LogP contribution in [0.15, 0.2) is 12.2 Å². The van der Waals surface area contributed by atoms with Gasteiger partial charge in [0.2, 0.25) is 5.91 Å². The number of nitrogens with one attached hydrogen (secondary N) is 1. The fraction of sp³-hybridized carbons (Fsp3) is 0.938. The Hall–Kier alpha value is -1.40. The molecule has 0 aliphatic heterocycles. The average Bonchev–Trinajstić information content (AvgIpc) is 3.36. The molecule has 6 nitrogen and oxygen atoms in total. The summed E-state index contributed by atoms with van der Waals surface area (Å²) in [5.41, 5.74) is 0. The second-order valence-electron chi connectivity index (χ2n) is 22.1. The van der Waals surface area contributed by atoms with Gasteiger partial charge in [-0.2, -0.15) is 0 Å². The van der Waals surface area contributed by atoms with Crippen molar-refractivity contribution in [3.63, 3.8) is 0 Å². The van der Waals surface area contributed by atoms with Gasteiger partial charge in [-0.05, 0) is 51.4 Å². The van der Waals surface area contributed by atoms with Crippen molar-refractivity contribution in [1.29, 1.82) is 0 Å². The monoisotopic (exact) mass is 988 g/mol. The Morgan fingerprint density at radius 2 is 0.671 bits per heavy atom. The molecule has 6 heteroatoms. The van der Waals surface area contributed by atoms with Gasteiger partial charge in [-0.15, -0.1) is 0 Å². The molecule has 0 saturated carbocycles. The predicted molar refractivity (Wildman–Crippen MR) is 306 cm³/mol. The van der Waals surface area contributed by atoms with E-state index >= 15 is 0 Å². The SMILES string of the molecule is CCCCCCCCCCCCCCCCCCCCC(O)C(CO)NC(=O)CCCCCCCCC/C=C\CCCCCCCCCCCCCCOC(=O)CCCCCCCCCCCCCC. The number of carbonyl (C=O) groups is 2. The first-order valence-corrected chi connectivity index (χ1v) is 31.9. The topological polar surface area (TPSA) is 95.9 Å². The van der Waals surface area contributed by atoms with Gasteiger partial charge in [0.05, 0.1) is 25.4 Å². The Morgan fingerprint density at radius 3 is 1.01 bits per heavy atom. The number of hydrogen-bond donors (Lipinski definition) is 3. The van der Waals surface area contributed by atoms with Crippen LogP contribution in [0.25, 0.3) is 0 Å². The van der Waals surface area contributed by atoms with E-state index in [1.807, 2.05) is 0 Å². The van der Waals surface area contributed by atoms with E-state index in [9.17, 15) is 19.8 Å². The van der Waals surface area contributed by atoms with Gasteiger partial charge in [0.15, 0.2) is 0 Å². The molecule has 2 unspecified atom stereocenters. The Labute approximate surface area is 438 Å². The van der Waals surface area contributed by atoms with Crippen LogP contribution < -0.4 is 5.32 Å². The van der Waals surface area contributed by atoms with Crippen molar-refractivity contribution in [3.8, 4) is 0 Å². The summed E-state index contributed by atoms with van der Waals surface area (Å²) in [5, 5.41) is 23.3. The van der Waals surface area contributed by atoms with E-state index in [1.165, 1.54) is 289 Å². The van der Waals surface area contributed by atoms with Crippen LogP contribution in [0.1, 0.15) is 361 Å². The number of carbonyl (C=O) groups excluding carboxylic acids is 2. The zero-order valence-corrected chi connectivity index (χ0v) is 47.5. The van der Waals surface area contributed by atoms with Crippen LogP contribution in [0, 0.1) is 0 Å². The zero-order valence-electron chi connectivity index (χ0n) is 47.5. The molecule has 3 N–H and O–H groups in total. The number of aliphatic hydroxyl groups is 2. The lowest BCUT2D eigenvalue weighted by molar-refractivity contribution is -0.143. The molecule has 70 heavy (non-hydrogen) atoms. The summed E-state index contributed by atoms with van der Waals surface area (Å²) in [6, 6.07) is -0.545. The van der Waals surface area contributed by atoms with E-state index in [-0.39, 0.29) is 18.5 Å². The number of unbranched alkanes of at least 4 members (excludes halogenated alkanes) is 47. The number of ether oxygens (including phenoxy) is 1. The molecule has 0 spiro atoms. The molecule has 0 rings (SSSR count). The standard InChI is InChI=1S/C64H125NO5/c1-3-5-7-9-11-13-15-17-18-19-27-30-33-36-40-44-48-52-56-62(67)61(60-66)65-63(68)57-53-49-45-41-37-34-31-28-25-23-21-20-22-24-26-29-32-35-39-43-47-51-55-59-70-64(69)58-54-50-46-42-38-16-14-12-10-8-6-4-2/h23,25,61-62,66-67H,3-22,24,26-60H2,1-2H3,(H,65,68)/b25-23-. The van der Waals surface area contributed by atoms with Gasteiger partial charge in [0.1, 0.15) is 0 Å². The Bertz CT molecular complexity index is 1050. The molecule has 0 aliphatic rings. The molecule has 0 aliphatic carbocycles. The normalized spacial score (nSPS) is 12.6. The number of esters is 1. The zero-order chi connectivity index (χ0) is 50.7. The summed E-state index contributed by atoms with van der Waals surface area (Å²) in [6.45, 7) is 4.98. The first-order valence-electron chi connectivity index (χ1n) is 31.9. The van der Waals surface area contributed by atoms with E-state index in [4.69, 9.17) is 4.74 Å². The van der Waals surface area contributed by atoms with Crippen molar-refractivity contribution in [2.75, 3.05) is 13.2 Å². The van der Waals surface area contributed by atoms with Crippen molar-refractivity contribution in [2.24, 2.45) is 0 Å². The summed E-state index contributed by atoms with van der Waals surface area (Å²) < 4.78 is 5.47. The van der Waals surface area contributed by atoms with Crippen molar-refractivity contribution in [1.82, 2.24) is 5.32 Å². The van der Waals surface area contributed by atoms with Gasteiger partial charge in [-0.1, -0.05) is 309 Å². The van der Waals surface area contributed by atoms with E-state index in [0.29, 0.717) is 25.9 Å². The third-order valence-electron chi connectivity index (χ3n) is 15.1. The lowest BCUT2D eigenvalue weighted by atomic mass is 10.0. The highest BCUT2D eigenvalue weighted by molar-refractivity contribution is 5.76. The second-order valence-corrected chi connectivity index (χ2v) is 22.1. The minimum Gasteiger partial charge on any atom is -0.466 e. The summed E-state index contributed by atoms with van der Waals surface area (Å²) >= 11 is 0. The molecule has 0 aromatic carbocycles. The van der Waals surface area contributed by atoms with Crippen molar-refractivity contribution < 1.29 is 24.5 Å². The maximum atomic E-state index is 12.5. The smallest absolute Gasteiger partial charge is 0.305 e. The van der Waals surface area contributed by atoms with Gasteiger partial charge in [-0.25, -0.2) is 0 Å². The minimum atomic E-state index is -0.668. The third kappa shape index (κ3) is 55.9. The molecule has 0 heterocycles. The highest BCUT2D eigenvalue weighted by atomic mass is 16.5. The van der Waals surface area contributed by atoms with Gasteiger partial charge in [0, 0.05) is 12.8 Å². The molecular weight excluding hydrogens is 863 g/mol. The molecule has 2 atom stereocenters. The average molecular weight is 989 g/mol. The lowest BCUT2D eigenvalue weighted by Crippen LogP contribution is -2.45. The maximum absolute atomic E-state index is 12.5. The summed E-state index contributed by atoms with van der Waals surface area (Å²) in [4.78, 5) is 24.5.